The first-order valence-corrected chi connectivity index (χ1v) is 4.93. The van der Waals surface area contributed by atoms with Crippen molar-refractivity contribution in [2.75, 3.05) is 0 Å². The fourth-order valence-electron chi connectivity index (χ4n) is 1.60. The first-order chi connectivity index (χ1) is 7.29. The molecule has 1 heterocycles. The van der Waals surface area contributed by atoms with Gasteiger partial charge in [0.25, 0.3) is 0 Å². The third kappa shape index (κ3) is 2.05. The minimum absolute atomic E-state index is 0.583. The molecule has 1 aromatic carbocycles. The smallest absolute Gasteiger partial charge is 0.106 e. The first kappa shape index (κ1) is 9.87. The van der Waals surface area contributed by atoms with Crippen LogP contribution >= 0.6 is 0 Å². The molecule has 0 aliphatic carbocycles. The van der Waals surface area contributed by atoms with Crippen LogP contribution in [-0.4, -0.2) is 10.1 Å². The van der Waals surface area contributed by atoms with E-state index >= 15 is 0 Å². The van der Waals surface area contributed by atoms with Gasteiger partial charge in [-0.2, -0.15) is 0 Å². The summed E-state index contributed by atoms with van der Waals surface area (Å²) >= 11 is 0. The molecule has 0 saturated heterocycles. The van der Waals surface area contributed by atoms with Gasteiger partial charge < -0.3 is 5.11 Å². The zero-order valence-electron chi connectivity index (χ0n) is 8.59. The van der Waals surface area contributed by atoms with E-state index in [1.807, 2.05) is 49.4 Å². The van der Waals surface area contributed by atoms with Gasteiger partial charge in [0.2, 0.25) is 0 Å². The fraction of sp³-hybridized carbons (Fsp3) is 0.154. The Morgan fingerprint density at radius 1 is 1.07 bits per heavy atom. The maximum absolute atomic E-state index is 10.1. The predicted octanol–water partition coefficient (Wildman–Crippen LogP) is 2.47. The zero-order valence-corrected chi connectivity index (χ0v) is 8.59. The molecular weight excluding hydrogens is 186 g/mol. The van der Waals surface area contributed by atoms with E-state index in [0.29, 0.717) is 0 Å². The van der Waals surface area contributed by atoms with Crippen molar-refractivity contribution in [3.63, 3.8) is 0 Å². The van der Waals surface area contributed by atoms with Gasteiger partial charge in [-0.1, -0.05) is 36.4 Å². The van der Waals surface area contributed by atoms with E-state index in [9.17, 15) is 5.11 Å². The quantitative estimate of drug-likeness (QED) is 0.806. The Morgan fingerprint density at radius 2 is 1.80 bits per heavy atom. The zero-order chi connectivity index (χ0) is 10.7. The van der Waals surface area contributed by atoms with E-state index in [1.54, 1.807) is 6.20 Å². The molecule has 0 amide bonds. The van der Waals surface area contributed by atoms with Crippen molar-refractivity contribution in [2.24, 2.45) is 0 Å². The molecule has 1 atom stereocenters. The molecule has 2 nitrogen and oxygen atoms in total. The van der Waals surface area contributed by atoms with E-state index in [1.165, 1.54) is 0 Å². The Labute approximate surface area is 89.2 Å². The van der Waals surface area contributed by atoms with Crippen LogP contribution in [-0.2, 0) is 0 Å². The predicted molar refractivity (Wildman–Crippen MR) is 59.5 cm³/mol. The summed E-state index contributed by atoms with van der Waals surface area (Å²) in [5, 5.41) is 10.1. The molecule has 0 bridgehead atoms. The van der Waals surface area contributed by atoms with Crippen LogP contribution in [0.15, 0.2) is 48.7 Å². The molecule has 0 aliphatic rings. The average molecular weight is 199 g/mol. The molecule has 0 fully saturated rings. The van der Waals surface area contributed by atoms with Gasteiger partial charge in [0.15, 0.2) is 0 Å². The second-order valence-electron chi connectivity index (χ2n) is 3.49. The molecule has 0 spiro atoms. The Balaban J connectivity index is 2.37. The topological polar surface area (TPSA) is 33.1 Å². The van der Waals surface area contributed by atoms with Crippen LogP contribution in [0.4, 0.5) is 0 Å². The van der Waals surface area contributed by atoms with Gasteiger partial charge in [-0.25, -0.2) is 0 Å². The van der Waals surface area contributed by atoms with Gasteiger partial charge in [-0.05, 0) is 18.6 Å². The Bertz CT molecular complexity index is 439. The highest BCUT2D eigenvalue weighted by Crippen LogP contribution is 2.22. The largest absolute Gasteiger partial charge is 0.384 e. The molecule has 2 heteroatoms. The molecule has 15 heavy (non-hydrogen) atoms. The maximum atomic E-state index is 10.1. The molecule has 1 aromatic heterocycles. The minimum Gasteiger partial charge on any atom is -0.384 e. The van der Waals surface area contributed by atoms with Crippen molar-refractivity contribution in [1.82, 2.24) is 4.98 Å². The number of hydrogen-bond acceptors (Lipinski definition) is 2. The summed E-state index contributed by atoms with van der Waals surface area (Å²) in [5.41, 5.74) is 2.63. The van der Waals surface area contributed by atoms with Crippen molar-refractivity contribution in [3.8, 4) is 0 Å². The molecule has 2 rings (SSSR count). The third-order valence-corrected chi connectivity index (χ3v) is 2.46. The lowest BCUT2D eigenvalue weighted by atomic mass is 10.0. The van der Waals surface area contributed by atoms with Crippen LogP contribution < -0.4 is 0 Å². The van der Waals surface area contributed by atoms with Crippen molar-refractivity contribution in [3.05, 3.63) is 65.5 Å². The fourth-order valence-corrected chi connectivity index (χ4v) is 1.60. The standard InChI is InChI=1S/C13H13NO/c1-10-12(8-5-9-14-10)13(15)11-6-3-2-4-7-11/h2-9,13,15H,1H3/t13-/m0/s1. The summed E-state index contributed by atoms with van der Waals surface area (Å²) < 4.78 is 0. The monoisotopic (exact) mass is 199 g/mol. The first-order valence-electron chi connectivity index (χ1n) is 4.93. The molecular formula is C13H13NO. The molecule has 2 aromatic rings. The second-order valence-corrected chi connectivity index (χ2v) is 3.49. The Kier molecular flexibility index (Phi) is 2.79. The third-order valence-electron chi connectivity index (χ3n) is 2.46. The van der Waals surface area contributed by atoms with Crippen LogP contribution in [0.1, 0.15) is 22.9 Å². The number of aliphatic hydroxyl groups excluding tert-OH is 1. The van der Waals surface area contributed by atoms with Gasteiger partial charge in [-0.15, -0.1) is 0 Å². The highest BCUT2D eigenvalue weighted by atomic mass is 16.3. The normalized spacial score (nSPS) is 12.4. The van der Waals surface area contributed by atoms with Crippen molar-refractivity contribution < 1.29 is 5.11 Å². The molecule has 1 N–H and O–H groups in total. The average Bonchev–Trinajstić information content (AvgIpc) is 2.30. The summed E-state index contributed by atoms with van der Waals surface area (Å²) in [5.74, 6) is 0. The van der Waals surface area contributed by atoms with Crippen molar-refractivity contribution in [1.29, 1.82) is 0 Å². The minimum atomic E-state index is -0.583. The van der Waals surface area contributed by atoms with Crippen molar-refractivity contribution >= 4 is 0 Å². The van der Waals surface area contributed by atoms with Gasteiger partial charge in [0.05, 0.1) is 0 Å². The highest BCUT2D eigenvalue weighted by Gasteiger charge is 2.11. The number of aryl methyl sites for hydroxylation is 1. The number of pyridine rings is 1. The molecule has 76 valence electrons. The summed E-state index contributed by atoms with van der Waals surface area (Å²) in [6.07, 6.45) is 1.15. The van der Waals surface area contributed by atoms with E-state index in [0.717, 1.165) is 16.8 Å². The van der Waals surface area contributed by atoms with Crippen LogP contribution in [0.3, 0.4) is 0 Å². The number of nitrogens with zero attached hydrogens (tertiary/aromatic N) is 1. The van der Waals surface area contributed by atoms with E-state index < -0.39 is 6.10 Å². The van der Waals surface area contributed by atoms with E-state index in [-0.39, 0.29) is 0 Å². The molecule has 0 radical (unpaired) electrons. The molecule has 0 aliphatic heterocycles. The van der Waals surface area contributed by atoms with E-state index in [2.05, 4.69) is 4.98 Å². The lowest BCUT2D eigenvalue weighted by molar-refractivity contribution is 0.219. The number of benzene rings is 1. The molecule has 0 unspecified atom stereocenters. The van der Waals surface area contributed by atoms with E-state index in [4.69, 9.17) is 0 Å². The van der Waals surface area contributed by atoms with Crippen LogP contribution in [0.2, 0.25) is 0 Å². The van der Waals surface area contributed by atoms with Crippen LogP contribution in [0.5, 0.6) is 0 Å². The summed E-state index contributed by atoms with van der Waals surface area (Å²) in [6, 6.07) is 13.4. The Hall–Kier alpha value is -1.67. The number of hydrogen-bond donors (Lipinski definition) is 1. The SMILES string of the molecule is Cc1ncccc1[C@@H](O)c1ccccc1. The lowest BCUT2D eigenvalue weighted by Crippen LogP contribution is -2.02. The van der Waals surface area contributed by atoms with Gasteiger partial charge >= 0.3 is 0 Å². The summed E-state index contributed by atoms with van der Waals surface area (Å²) in [6.45, 7) is 1.90. The van der Waals surface area contributed by atoms with Gasteiger partial charge in [-0.3, -0.25) is 4.98 Å². The van der Waals surface area contributed by atoms with Crippen molar-refractivity contribution in [2.45, 2.75) is 13.0 Å². The second kappa shape index (κ2) is 4.24. The summed E-state index contributed by atoms with van der Waals surface area (Å²) in [4.78, 5) is 4.17. The lowest BCUT2D eigenvalue weighted by Gasteiger charge is -2.12. The number of rotatable bonds is 2. The summed E-state index contributed by atoms with van der Waals surface area (Å²) in [7, 11) is 0. The maximum Gasteiger partial charge on any atom is 0.106 e. The van der Waals surface area contributed by atoms with Crippen LogP contribution in [0.25, 0.3) is 0 Å². The van der Waals surface area contributed by atoms with Crippen LogP contribution in [0, 0.1) is 6.92 Å². The van der Waals surface area contributed by atoms with Gasteiger partial charge in [0, 0.05) is 17.5 Å². The highest BCUT2D eigenvalue weighted by molar-refractivity contribution is 5.31. The van der Waals surface area contributed by atoms with Gasteiger partial charge in [0.1, 0.15) is 6.10 Å². The number of aliphatic hydroxyl groups is 1. The Morgan fingerprint density at radius 3 is 2.47 bits per heavy atom. The number of aromatic nitrogens is 1. The molecule has 0 saturated carbocycles.